The van der Waals surface area contributed by atoms with Crippen LogP contribution >= 0.6 is 0 Å². The van der Waals surface area contributed by atoms with Crippen LogP contribution in [0.3, 0.4) is 0 Å². The molecule has 3 rings (SSSR count). The molecule has 0 aliphatic rings. The summed E-state index contributed by atoms with van der Waals surface area (Å²) in [6.07, 6.45) is 2.91. The van der Waals surface area contributed by atoms with Gasteiger partial charge in [0.2, 0.25) is 0 Å². The Morgan fingerprint density at radius 2 is 1.72 bits per heavy atom. The topological polar surface area (TPSA) is 115 Å². The van der Waals surface area contributed by atoms with Crippen molar-refractivity contribution in [2.45, 2.75) is 4.90 Å². The van der Waals surface area contributed by atoms with Crippen molar-refractivity contribution in [1.29, 1.82) is 0 Å². The number of aromatic amines is 1. The summed E-state index contributed by atoms with van der Waals surface area (Å²) in [5, 5.41) is 10.7. The maximum atomic E-state index is 12.3. The molecule has 0 amide bonds. The first-order valence-electron chi connectivity index (χ1n) is 8.43. The van der Waals surface area contributed by atoms with E-state index in [0.29, 0.717) is 28.5 Å². The fourth-order valence-corrected chi connectivity index (χ4v) is 3.38. The van der Waals surface area contributed by atoms with E-state index in [0.717, 1.165) is 5.56 Å². The van der Waals surface area contributed by atoms with Crippen LogP contribution in [0.2, 0.25) is 0 Å². The van der Waals surface area contributed by atoms with Gasteiger partial charge in [-0.15, -0.1) is 0 Å². The quantitative estimate of drug-likeness (QED) is 0.430. The lowest BCUT2D eigenvalue weighted by molar-refractivity contribution is 0.355. The van der Waals surface area contributed by atoms with Gasteiger partial charge >= 0.3 is 0 Å². The van der Waals surface area contributed by atoms with Crippen LogP contribution in [0.25, 0.3) is 11.3 Å². The zero-order valence-corrected chi connectivity index (χ0v) is 16.9. The molecule has 0 atom stereocenters. The fraction of sp³-hybridized carbons (Fsp3) is 0.158. The number of methoxy groups -OCH3 is 3. The van der Waals surface area contributed by atoms with Crippen LogP contribution in [-0.2, 0) is 10.0 Å². The lowest BCUT2D eigenvalue weighted by atomic mass is 10.1. The maximum absolute atomic E-state index is 12.3. The Morgan fingerprint density at radius 3 is 2.38 bits per heavy atom. The lowest BCUT2D eigenvalue weighted by Gasteiger charge is -2.09. The molecular formula is C19H20N4O5S. The Balaban J connectivity index is 1.80. The molecule has 3 aromatic rings. The smallest absolute Gasteiger partial charge is 0.276 e. The molecular weight excluding hydrogens is 396 g/mol. The van der Waals surface area contributed by atoms with Crippen molar-refractivity contribution in [3.63, 3.8) is 0 Å². The molecule has 1 heterocycles. The molecule has 0 aliphatic carbocycles. The summed E-state index contributed by atoms with van der Waals surface area (Å²) in [4.78, 5) is 2.26. The average Bonchev–Trinajstić information content (AvgIpc) is 3.21. The second-order valence-electron chi connectivity index (χ2n) is 5.80. The number of ether oxygens (including phenoxy) is 3. The second-order valence-corrected chi connectivity index (χ2v) is 7.46. The molecule has 0 unspecified atom stereocenters. The van der Waals surface area contributed by atoms with E-state index >= 15 is 0 Å². The summed E-state index contributed by atoms with van der Waals surface area (Å²) in [5.74, 6) is 1.71. The van der Waals surface area contributed by atoms with Gasteiger partial charge in [-0.1, -0.05) is 0 Å². The van der Waals surface area contributed by atoms with Gasteiger partial charge < -0.3 is 14.2 Å². The van der Waals surface area contributed by atoms with Crippen molar-refractivity contribution < 1.29 is 22.6 Å². The van der Waals surface area contributed by atoms with Crippen LogP contribution in [0.15, 0.2) is 58.7 Å². The molecule has 2 N–H and O–H groups in total. The number of hydrogen-bond acceptors (Lipinski definition) is 7. The Hall–Kier alpha value is -3.53. The van der Waals surface area contributed by atoms with Crippen molar-refractivity contribution in [1.82, 2.24) is 15.0 Å². The molecule has 0 aliphatic heterocycles. The van der Waals surface area contributed by atoms with Gasteiger partial charge in [0.1, 0.15) is 5.75 Å². The molecule has 29 heavy (non-hydrogen) atoms. The highest BCUT2D eigenvalue weighted by Crippen LogP contribution is 2.32. The molecule has 0 saturated carbocycles. The lowest BCUT2D eigenvalue weighted by Crippen LogP contribution is -2.18. The van der Waals surface area contributed by atoms with Gasteiger partial charge in [0.25, 0.3) is 10.0 Å². The van der Waals surface area contributed by atoms with Gasteiger partial charge in [0, 0.05) is 11.1 Å². The third-order valence-electron chi connectivity index (χ3n) is 4.09. The first-order valence-corrected chi connectivity index (χ1v) is 9.91. The monoisotopic (exact) mass is 416 g/mol. The van der Waals surface area contributed by atoms with Crippen molar-refractivity contribution in [3.05, 3.63) is 54.2 Å². The van der Waals surface area contributed by atoms with Gasteiger partial charge in [-0.2, -0.15) is 18.6 Å². The molecule has 0 fully saturated rings. The van der Waals surface area contributed by atoms with Crippen molar-refractivity contribution in [2.75, 3.05) is 21.3 Å². The van der Waals surface area contributed by atoms with E-state index in [1.54, 1.807) is 38.5 Å². The highest BCUT2D eigenvalue weighted by atomic mass is 32.2. The molecule has 152 valence electrons. The summed E-state index contributed by atoms with van der Waals surface area (Å²) < 4.78 is 40.3. The minimum atomic E-state index is -3.81. The van der Waals surface area contributed by atoms with E-state index in [-0.39, 0.29) is 4.90 Å². The van der Waals surface area contributed by atoms with Crippen LogP contribution in [0, 0.1) is 0 Å². The zero-order chi connectivity index (χ0) is 20.9. The highest BCUT2D eigenvalue weighted by molar-refractivity contribution is 7.89. The fourth-order valence-electron chi connectivity index (χ4n) is 2.59. The minimum absolute atomic E-state index is 0.0720. The normalized spacial score (nSPS) is 11.4. The molecule has 1 aromatic heterocycles. The van der Waals surface area contributed by atoms with Crippen LogP contribution in [0.4, 0.5) is 0 Å². The van der Waals surface area contributed by atoms with Gasteiger partial charge in [-0.3, -0.25) is 5.10 Å². The standard InChI is InChI=1S/C19H20N4O5S/c1-26-15-5-7-16(8-6-15)29(24,25)23-21-12-14-11-20-22-19(14)13-4-9-17(27-2)18(10-13)28-3/h4-12,23H,1-3H3,(H,20,22)/b21-12-. The van der Waals surface area contributed by atoms with Gasteiger partial charge in [0.15, 0.2) is 11.5 Å². The maximum Gasteiger partial charge on any atom is 0.276 e. The SMILES string of the molecule is COc1ccc(S(=O)(=O)N/N=C\c2cn[nH]c2-c2ccc(OC)c(OC)c2)cc1. The first kappa shape index (κ1) is 20.2. The van der Waals surface area contributed by atoms with E-state index in [1.807, 2.05) is 6.07 Å². The second kappa shape index (κ2) is 8.65. The Labute approximate surface area is 168 Å². The van der Waals surface area contributed by atoms with Crippen molar-refractivity contribution in [3.8, 4) is 28.5 Å². The number of aromatic nitrogens is 2. The summed E-state index contributed by atoms with van der Waals surface area (Å²) in [7, 11) is 0.803. The molecule has 9 nitrogen and oxygen atoms in total. The van der Waals surface area contributed by atoms with Gasteiger partial charge in [-0.25, -0.2) is 4.83 Å². The van der Waals surface area contributed by atoms with Gasteiger partial charge in [-0.05, 0) is 42.5 Å². The average molecular weight is 416 g/mol. The van der Waals surface area contributed by atoms with E-state index < -0.39 is 10.0 Å². The zero-order valence-electron chi connectivity index (χ0n) is 16.0. The number of rotatable bonds is 8. The number of H-pyrrole nitrogens is 1. The van der Waals surface area contributed by atoms with Crippen molar-refractivity contribution >= 4 is 16.2 Å². The summed E-state index contributed by atoms with van der Waals surface area (Å²) in [6, 6.07) is 11.4. The van der Waals surface area contributed by atoms with Crippen LogP contribution in [0.1, 0.15) is 5.56 Å². The highest BCUT2D eigenvalue weighted by Gasteiger charge is 2.14. The third kappa shape index (κ3) is 4.49. The summed E-state index contributed by atoms with van der Waals surface area (Å²) >= 11 is 0. The molecule has 0 spiro atoms. The van der Waals surface area contributed by atoms with Crippen LogP contribution in [-0.4, -0.2) is 46.2 Å². The number of hydrogen-bond donors (Lipinski definition) is 2. The molecule has 10 heteroatoms. The van der Waals surface area contributed by atoms with Crippen LogP contribution < -0.4 is 19.0 Å². The summed E-state index contributed by atoms with van der Waals surface area (Å²) in [6.45, 7) is 0. The minimum Gasteiger partial charge on any atom is -0.497 e. The molecule has 2 aromatic carbocycles. The number of sulfonamides is 1. The van der Waals surface area contributed by atoms with E-state index in [1.165, 1.54) is 31.7 Å². The first-order chi connectivity index (χ1) is 14.0. The Morgan fingerprint density at radius 1 is 1.00 bits per heavy atom. The van der Waals surface area contributed by atoms with Crippen LogP contribution in [0.5, 0.6) is 17.2 Å². The van der Waals surface area contributed by atoms with E-state index in [4.69, 9.17) is 14.2 Å². The number of benzene rings is 2. The predicted octanol–water partition coefficient (Wildman–Crippen LogP) is 2.41. The van der Waals surface area contributed by atoms with E-state index in [9.17, 15) is 8.42 Å². The largest absolute Gasteiger partial charge is 0.497 e. The molecule has 0 saturated heterocycles. The Bertz CT molecular complexity index is 1110. The van der Waals surface area contributed by atoms with Crippen molar-refractivity contribution in [2.24, 2.45) is 5.10 Å². The molecule has 0 radical (unpaired) electrons. The number of nitrogens with zero attached hydrogens (tertiary/aromatic N) is 2. The van der Waals surface area contributed by atoms with E-state index in [2.05, 4.69) is 20.1 Å². The third-order valence-corrected chi connectivity index (χ3v) is 5.33. The number of hydrazone groups is 1. The number of nitrogens with one attached hydrogen (secondary N) is 2. The Kier molecular flexibility index (Phi) is 6.03. The van der Waals surface area contributed by atoms with Gasteiger partial charge in [0.05, 0.1) is 44.3 Å². The summed E-state index contributed by atoms with van der Waals surface area (Å²) in [5.41, 5.74) is 2.02. The molecule has 0 bridgehead atoms. The predicted molar refractivity (Wildman–Crippen MR) is 108 cm³/mol.